The molecule has 2 N–H and O–H groups in total. The maximum absolute atomic E-state index is 11.6. The van der Waals surface area contributed by atoms with Crippen LogP contribution in [0, 0.1) is 0 Å². The molecule has 0 radical (unpaired) electrons. The maximum atomic E-state index is 11.6. The van der Waals surface area contributed by atoms with Crippen LogP contribution in [0.25, 0.3) is 0 Å². The SMILES string of the molecule is CCCCOC(CC)OC(=O)C(CC(=O)O)S(=O)(=O)O.[NaH]. The molecular formula is C11H21NaO8S. The van der Waals surface area contributed by atoms with Gasteiger partial charge >= 0.3 is 41.5 Å². The van der Waals surface area contributed by atoms with Crippen LogP contribution < -0.4 is 0 Å². The number of carbonyl (C=O) groups excluding carboxylic acids is 1. The van der Waals surface area contributed by atoms with Gasteiger partial charge in [0.1, 0.15) is 0 Å². The van der Waals surface area contributed by atoms with Crippen molar-refractivity contribution in [3.8, 4) is 0 Å². The number of carboxylic acids is 1. The summed E-state index contributed by atoms with van der Waals surface area (Å²) < 4.78 is 40.8. The van der Waals surface area contributed by atoms with E-state index in [1.807, 2.05) is 6.92 Å². The minimum absolute atomic E-state index is 0. The van der Waals surface area contributed by atoms with Gasteiger partial charge in [-0.2, -0.15) is 8.42 Å². The summed E-state index contributed by atoms with van der Waals surface area (Å²) in [6.45, 7) is 3.93. The van der Waals surface area contributed by atoms with Gasteiger partial charge in [0.25, 0.3) is 10.1 Å². The molecule has 0 spiro atoms. The second kappa shape index (κ2) is 11.4. The van der Waals surface area contributed by atoms with Crippen LogP contribution in [0.15, 0.2) is 0 Å². The molecule has 2 atom stereocenters. The van der Waals surface area contributed by atoms with E-state index in [1.54, 1.807) is 6.92 Å². The first-order valence-electron chi connectivity index (χ1n) is 6.22. The van der Waals surface area contributed by atoms with Crippen molar-refractivity contribution < 1.29 is 37.1 Å². The molecule has 0 aliphatic rings. The Hall–Kier alpha value is -0.190. The van der Waals surface area contributed by atoms with Crippen LogP contribution in [0.1, 0.15) is 39.5 Å². The van der Waals surface area contributed by atoms with Crippen molar-refractivity contribution in [2.45, 2.75) is 51.1 Å². The molecule has 0 saturated heterocycles. The molecule has 0 aliphatic carbocycles. The molecule has 2 unspecified atom stereocenters. The molecule has 0 aromatic carbocycles. The van der Waals surface area contributed by atoms with E-state index in [9.17, 15) is 18.0 Å². The summed E-state index contributed by atoms with van der Waals surface area (Å²) in [7, 11) is -4.85. The van der Waals surface area contributed by atoms with Crippen molar-refractivity contribution in [3.05, 3.63) is 0 Å². The van der Waals surface area contributed by atoms with Gasteiger partial charge in [-0.25, -0.2) is 0 Å². The molecule has 10 heteroatoms. The van der Waals surface area contributed by atoms with Crippen molar-refractivity contribution in [2.24, 2.45) is 0 Å². The average molecular weight is 336 g/mol. The zero-order valence-electron chi connectivity index (χ0n) is 11.4. The molecule has 120 valence electrons. The Morgan fingerprint density at radius 3 is 2.19 bits per heavy atom. The Balaban J connectivity index is 0. The van der Waals surface area contributed by atoms with Crippen molar-refractivity contribution >= 4 is 51.6 Å². The van der Waals surface area contributed by atoms with Crippen molar-refractivity contribution in [1.29, 1.82) is 0 Å². The second-order valence-electron chi connectivity index (χ2n) is 4.10. The molecule has 8 nitrogen and oxygen atoms in total. The summed E-state index contributed by atoms with van der Waals surface area (Å²) in [5.74, 6) is -2.87. The van der Waals surface area contributed by atoms with Crippen LogP contribution in [-0.2, 0) is 29.2 Å². The first-order valence-corrected chi connectivity index (χ1v) is 7.72. The predicted molar refractivity (Wildman–Crippen MR) is 75.8 cm³/mol. The normalized spacial score (nSPS) is 13.9. The minimum atomic E-state index is -4.85. The third kappa shape index (κ3) is 10.2. The second-order valence-corrected chi connectivity index (χ2v) is 5.70. The fourth-order valence-electron chi connectivity index (χ4n) is 1.27. The Bertz CT molecular complexity index is 422. The third-order valence-corrected chi connectivity index (χ3v) is 3.44. The number of esters is 1. The number of rotatable bonds is 10. The molecule has 0 saturated carbocycles. The molecule has 0 amide bonds. The third-order valence-electron chi connectivity index (χ3n) is 2.37. The van der Waals surface area contributed by atoms with Gasteiger partial charge < -0.3 is 14.6 Å². The summed E-state index contributed by atoms with van der Waals surface area (Å²) in [4.78, 5) is 22.1. The van der Waals surface area contributed by atoms with Crippen LogP contribution in [-0.4, -0.2) is 77.7 Å². The number of hydrogen-bond acceptors (Lipinski definition) is 6. The zero-order chi connectivity index (χ0) is 15.8. The van der Waals surface area contributed by atoms with Gasteiger partial charge in [-0.15, -0.1) is 0 Å². The molecule has 0 heterocycles. The molecule has 0 fully saturated rings. The van der Waals surface area contributed by atoms with E-state index >= 15 is 0 Å². The van der Waals surface area contributed by atoms with Gasteiger partial charge in [0.2, 0.25) is 6.29 Å². The average Bonchev–Trinajstić information content (AvgIpc) is 2.33. The first-order chi connectivity index (χ1) is 9.22. The summed E-state index contributed by atoms with van der Waals surface area (Å²) in [5, 5.41) is 6.40. The van der Waals surface area contributed by atoms with Crippen molar-refractivity contribution in [2.75, 3.05) is 6.61 Å². The molecule has 0 aromatic rings. The Kier molecular flexibility index (Phi) is 12.5. The van der Waals surface area contributed by atoms with Gasteiger partial charge in [-0.1, -0.05) is 20.3 Å². The van der Waals surface area contributed by atoms with Crippen LogP contribution in [0.5, 0.6) is 0 Å². The molecule has 0 bridgehead atoms. The van der Waals surface area contributed by atoms with E-state index in [0.717, 1.165) is 12.8 Å². The van der Waals surface area contributed by atoms with Crippen LogP contribution in [0.2, 0.25) is 0 Å². The van der Waals surface area contributed by atoms with Gasteiger partial charge in [-0.05, 0) is 6.42 Å². The van der Waals surface area contributed by atoms with Gasteiger partial charge in [-0.3, -0.25) is 14.1 Å². The molecule has 0 aromatic heterocycles. The van der Waals surface area contributed by atoms with Gasteiger partial charge in [0.15, 0.2) is 5.25 Å². The number of ether oxygens (including phenoxy) is 2. The van der Waals surface area contributed by atoms with Gasteiger partial charge in [0, 0.05) is 6.42 Å². The summed E-state index contributed by atoms with van der Waals surface area (Å²) >= 11 is 0. The van der Waals surface area contributed by atoms with Crippen LogP contribution in [0.4, 0.5) is 0 Å². The van der Waals surface area contributed by atoms with E-state index in [-0.39, 0.29) is 36.0 Å². The number of hydrogen-bond donors (Lipinski definition) is 2. The van der Waals surface area contributed by atoms with Crippen molar-refractivity contribution in [3.63, 3.8) is 0 Å². The zero-order valence-corrected chi connectivity index (χ0v) is 12.3. The number of carboxylic acid groups (broad SMARTS) is 1. The fourth-order valence-corrected chi connectivity index (χ4v) is 1.92. The summed E-state index contributed by atoms with van der Waals surface area (Å²) in [6, 6.07) is 0. The van der Waals surface area contributed by atoms with E-state index < -0.39 is 40.0 Å². The van der Waals surface area contributed by atoms with Crippen molar-refractivity contribution in [1.82, 2.24) is 0 Å². The molecular weight excluding hydrogens is 315 g/mol. The predicted octanol–water partition coefficient (Wildman–Crippen LogP) is 0.165. The quantitative estimate of drug-likeness (QED) is 0.190. The molecule has 21 heavy (non-hydrogen) atoms. The molecule has 0 aliphatic heterocycles. The summed E-state index contributed by atoms with van der Waals surface area (Å²) in [6.07, 6.45) is -0.141. The molecule has 0 rings (SSSR count). The Morgan fingerprint density at radius 2 is 1.81 bits per heavy atom. The van der Waals surface area contributed by atoms with Crippen LogP contribution >= 0.6 is 0 Å². The van der Waals surface area contributed by atoms with E-state index in [0.29, 0.717) is 6.61 Å². The first kappa shape index (κ1) is 23.1. The number of aliphatic carboxylic acids is 1. The fraction of sp³-hybridized carbons (Fsp3) is 0.818. The Morgan fingerprint density at radius 1 is 1.24 bits per heavy atom. The van der Waals surface area contributed by atoms with E-state index in [1.165, 1.54) is 0 Å². The van der Waals surface area contributed by atoms with E-state index in [2.05, 4.69) is 0 Å². The monoisotopic (exact) mass is 336 g/mol. The topological polar surface area (TPSA) is 127 Å². The number of carbonyl (C=O) groups is 2. The van der Waals surface area contributed by atoms with Gasteiger partial charge in [0.05, 0.1) is 13.0 Å². The van der Waals surface area contributed by atoms with Crippen LogP contribution in [0.3, 0.4) is 0 Å². The summed E-state index contributed by atoms with van der Waals surface area (Å²) in [5.41, 5.74) is 0. The standard InChI is InChI=1S/C11H20O8S.Na.H/c1-3-5-6-18-10(4-2)19-11(14)8(7-9(12)13)20(15,16)17;;/h8,10H,3-7H2,1-2H3,(H,12,13)(H,15,16,17);;. The number of unbranched alkanes of at least 4 members (excludes halogenated alkanes) is 1. The van der Waals surface area contributed by atoms with E-state index in [4.69, 9.17) is 19.1 Å². The Labute approximate surface area is 146 Å².